The molecule has 0 amide bonds. The summed E-state index contributed by atoms with van der Waals surface area (Å²) < 4.78 is 63.9. The van der Waals surface area contributed by atoms with Gasteiger partial charge in [-0.3, -0.25) is 0 Å². The monoisotopic (exact) mass is 618 g/mol. The van der Waals surface area contributed by atoms with E-state index in [9.17, 15) is 15.3 Å². The van der Waals surface area contributed by atoms with E-state index in [-0.39, 0.29) is 0 Å². The quantitative estimate of drug-likeness (QED) is 0.309. The molecule has 1 aromatic rings. The highest BCUT2D eigenvalue weighted by atomic mass is 16.8. The van der Waals surface area contributed by atoms with Crippen LogP contribution in [-0.4, -0.2) is 143 Å². The number of ether oxygens (including phenoxy) is 11. The number of aliphatic hydroxyl groups excluding tert-OH is 3. The molecule has 3 saturated heterocycles. The van der Waals surface area contributed by atoms with Gasteiger partial charge in [0.1, 0.15) is 66.4 Å². The highest BCUT2D eigenvalue weighted by Crippen LogP contribution is 2.35. The van der Waals surface area contributed by atoms with Crippen LogP contribution < -0.4 is 9.47 Å². The largest absolute Gasteiger partial charge is 0.497 e. The minimum absolute atomic E-state index is 0.439. The minimum atomic E-state index is -1.51. The molecule has 0 aromatic heterocycles. The van der Waals surface area contributed by atoms with Crippen molar-refractivity contribution in [3.8, 4) is 11.5 Å². The molecule has 0 unspecified atom stereocenters. The molecule has 14 heteroatoms. The summed E-state index contributed by atoms with van der Waals surface area (Å²) in [5, 5.41) is 33.5. The van der Waals surface area contributed by atoms with Crippen LogP contribution in [0.1, 0.15) is 20.8 Å². The van der Waals surface area contributed by atoms with E-state index in [1.807, 2.05) is 0 Å². The first-order valence-electron chi connectivity index (χ1n) is 14.3. The Morgan fingerprint density at radius 2 is 0.953 bits per heavy atom. The van der Waals surface area contributed by atoms with E-state index in [1.165, 1.54) is 21.3 Å². The molecule has 0 spiro atoms. The zero-order chi connectivity index (χ0) is 31.4. The molecule has 4 rings (SSSR count). The van der Waals surface area contributed by atoms with Crippen LogP contribution >= 0.6 is 0 Å². The molecular weight excluding hydrogens is 572 g/mol. The predicted octanol–water partition coefficient (Wildman–Crippen LogP) is 0.222. The van der Waals surface area contributed by atoms with Crippen LogP contribution in [0.4, 0.5) is 0 Å². The van der Waals surface area contributed by atoms with Crippen LogP contribution in [0.5, 0.6) is 11.5 Å². The standard InChI is InChI=1S/C29H46O14/c1-13-18(30)22(42-29-26(37-8)24(35-6)21(34-5)15(3)40-29)20(32)27(38-13)43-23-19(31)14(2)39-28(25(23)36-7)41-17-11-9-16(33-4)10-12-17/h9-15,18-32H,1-8H3/t13-,14-,15-,18-,19-,20+,21+,22+,23+,24+,25+,26-,27-,28-,29-/m0/s1. The Labute approximate surface area is 251 Å². The third-order valence-electron chi connectivity index (χ3n) is 8.25. The van der Waals surface area contributed by atoms with Gasteiger partial charge in [0.2, 0.25) is 6.29 Å². The summed E-state index contributed by atoms with van der Waals surface area (Å²) in [5.74, 6) is 1.14. The summed E-state index contributed by atoms with van der Waals surface area (Å²) in [4.78, 5) is 0. The first kappa shape index (κ1) is 34.2. The average molecular weight is 619 g/mol. The highest BCUT2D eigenvalue weighted by Gasteiger charge is 2.53. The third-order valence-corrected chi connectivity index (χ3v) is 8.25. The molecule has 15 atom stereocenters. The summed E-state index contributed by atoms with van der Waals surface area (Å²) in [6, 6.07) is 6.90. The summed E-state index contributed by atoms with van der Waals surface area (Å²) in [6.45, 7) is 5.09. The Balaban J connectivity index is 1.51. The van der Waals surface area contributed by atoms with E-state index in [2.05, 4.69) is 0 Å². The topological polar surface area (TPSA) is 162 Å². The van der Waals surface area contributed by atoms with E-state index >= 15 is 0 Å². The maximum atomic E-state index is 11.4. The number of rotatable bonds is 11. The van der Waals surface area contributed by atoms with Crippen LogP contribution in [-0.2, 0) is 42.6 Å². The lowest BCUT2D eigenvalue weighted by molar-refractivity contribution is -0.375. The van der Waals surface area contributed by atoms with Gasteiger partial charge < -0.3 is 67.4 Å². The van der Waals surface area contributed by atoms with Crippen molar-refractivity contribution in [2.75, 3.05) is 35.5 Å². The summed E-state index contributed by atoms with van der Waals surface area (Å²) >= 11 is 0. The van der Waals surface area contributed by atoms with Gasteiger partial charge in [-0.1, -0.05) is 0 Å². The molecule has 1 aromatic carbocycles. The second-order valence-electron chi connectivity index (χ2n) is 10.9. The molecule has 0 bridgehead atoms. The highest BCUT2D eigenvalue weighted by molar-refractivity contribution is 5.31. The number of aliphatic hydroxyl groups is 3. The maximum Gasteiger partial charge on any atom is 0.229 e. The third kappa shape index (κ3) is 7.27. The first-order valence-corrected chi connectivity index (χ1v) is 14.3. The molecule has 3 heterocycles. The predicted molar refractivity (Wildman–Crippen MR) is 148 cm³/mol. The molecule has 3 fully saturated rings. The molecule has 0 saturated carbocycles. The first-order chi connectivity index (χ1) is 20.6. The maximum absolute atomic E-state index is 11.4. The number of methoxy groups -OCH3 is 5. The number of hydrogen-bond acceptors (Lipinski definition) is 14. The van der Waals surface area contributed by atoms with Crippen molar-refractivity contribution >= 4 is 0 Å². The number of hydrogen-bond donors (Lipinski definition) is 3. The Kier molecular flexibility index (Phi) is 12.0. The van der Waals surface area contributed by atoms with Crippen molar-refractivity contribution in [1.82, 2.24) is 0 Å². The summed E-state index contributed by atoms with van der Waals surface area (Å²) in [5.41, 5.74) is 0. The molecule has 3 N–H and O–H groups in total. The second kappa shape index (κ2) is 15.1. The molecule has 0 aliphatic carbocycles. The fourth-order valence-corrected chi connectivity index (χ4v) is 5.78. The lowest BCUT2D eigenvalue weighted by Crippen LogP contribution is -2.66. The van der Waals surface area contributed by atoms with Gasteiger partial charge in [0.15, 0.2) is 12.6 Å². The van der Waals surface area contributed by atoms with Gasteiger partial charge in [-0.15, -0.1) is 0 Å². The molecule has 3 aliphatic rings. The fraction of sp³-hybridized carbons (Fsp3) is 0.793. The van der Waals surface area contributed by atoms with Gasteiger partial charge in [0.05, 0.1) is 25.4 Å². The van der Waals surface area contributed by atoms with Crippen molar-refractivity contribution < 1.29 is 67.4 Å². The van der Waals surface area contributed by atoms with Crippen LogP contribution in [0.25, 0.3) is 0 Å². The molecule has 0 radical (unpaired) electrons. The van der Waals surface area contributed by atoms with Gasteiger partial charge in [-0.05, 0) is 45.0 Å². The normalized spacial score (nSPS) is 43.7. The number of benzene rings is 1. The van der Waals surface area contributed by atoms with Crippen molar-refractivity contribution in [2.24, 2.45) is 0 Å². The van der Waals surface area contributed by atoms with E-state index in [0.717, 1.165) is 0 Å². The zero-order valence-electron chi connectivity index (χ0n) is 25.8. The molecule has 246 valence electrons. The van der Waals surface area contributed by atoms with E-state index in [1.54, 1.807) is 59.3 Å². The lowest BCUT2D eigenvalue weighted by atomic mass is 9.96. The summed E-state index contributed by atoms with van der Waals surface area (Å²) in [7, 11) is 7.55. The Morgan fingerprint density at radius 3 is 1.51 bits per heavy atom. The van der Waals surface area contributed by atoms with Crippen molar-refractivity contribution in [3.05, 3.63) is 24.3 Å². The van der Waals surface area contributed by atoms with E-state index < -0.39 is 92.1 Å². The van der Waals surface area contributed by atoms with E-state index in [4.69, 9.17) is 52.1 Å². The van der Waals surface area contributed by atoms with Gasteiger partial charge in [0.25, 0.3) is 0 Å². The van der Waals surface area contributed by atoms with Crippen molar-refractivity contribution in [2.45, 2.75) is 113 Å². The molecule has 14 nitrogen and oxygen atoms in total. The second-order valence-corrected chi connectivity index (χ2v) is 10.9. The van der Waals surface area contributed by atoms with Crippen LogP contribution in [0.3, 0.4) is 0 Å². The smallest absolute Gasteiger partial charge is 0.229 e. The molecule has 43 heavy (non-hydrogen) atoms. The Morgan fingerprint density at radius 1 is 0.488 bits per heavy atom. The van der Waals surface area contributed by atoms with Gasteiger partial charge in [-0.25, -0.2) is 0 Å². The van der Waals surface area contributed by atoms with Crippen molar-refractivity contribution in [3.63, 3.8) is 0 Å². The minimum Gasteiger partial charge on any atom is -0.497 e. The van der Waals surface area contributed by atoms with Crippen molar-refractivity contribution in [1.29, 1.82) is 0 Å². The molecular formula is C29H46O14. The Bertz CT molecular complexity index is 982. The lowest BCUT2D eigenvalue weighted by Gasteiger charge is -2.49. The summed E-state index contributed by atoms with van der Waals surface area (Å²) in [6.07, 6.45) is -14.2. The van der Waals surface area contributed by atoms with Crippen LogP contribution in [0, 0.1) is 0 Å². The average Bonchev–Trinajstić information content (AvgIpc) is 3.00. The molecule has 3 aliphatic heterocycles. The van der Waals surface area contributed by atoms with E-state index in [0.29, 0.717) is 11.5 Å². The van der Waals surface area contributed by atoms with Gasteiger partial charge >= 0.3 is 0 Å². The van der Waals surface area contributed by atoms with Gasteiger partial charge in [0, 0.05) is 28.4 Å². The van der Waals surface area contributed by atoms with Crippen LogP contribution in [0.2, 0.25) is 0 Å². The van der Waals surface area contributed by atoms with Gasteiger partial charge in [-0.2, -0.15) is 0 Å². The fourth-order valence-electron chi connectivity index (χ4n) is 5.78. The van der Waals surface area contributed by atoms with Crippen LogP contribution in [0.15, 0.2) is 24.3 Å². The zero-order valence-corrected chi connectivity index (χ0v) is 25.8. The SMILES string of the molecule is COc1ccc(O[C@@H]2O[C@@H](C)[C@H](O)[C@@H](O[C@@H]3O[C@@H](C)[C@H](O)[C@@H](O[C@@H]4O[C@@H](C)[C@@H](OC)[C@@H](OC)[C@@H]4OC)[C@H]3O)[C@H]2OC)cc1. The Hall–Kier alpha value is -1.66.